The van der Waals surface area contributed by atoms with Gasteiger partial charge in [-0.05, 0) is 67.9 Å². The number of hydrogen-bond donors (Lipinski definition) is 1. The Morgan fingerprint density at radius 2 is 1.67 bits per heavy atom. The van der Waals surface area contributed by atoms with Crippen molar-refractivity contribution in [2.24, 2.45) is 0 Å². The van der Waals surface area contributed by atoms with E-state index in [1.807, 2.05) is 13.8 Å². The molecule has 1 aliphatic rings. The smallest absolute Gasteiger partial charge is 0.300 e. The Bertz CT molecular complexity index is 1350. The Hall–Kier alpha value is -4.66. The number of nitro benzene ring substituents is 1. The van der Waals surface area contributed by atoms with Gasteiger partial charge in [-0.15, -0.1) is 0 Å². The summed E-state index contributed by atoms with van der Waals surface area (Å²) in [6.45, 7) is 3.79. The van der Waals surface area contributed by atoms with E-state index in [1.54, 1.807) is 48.5 Å². The van der Waals surface area contributed by atoms with Gasteiger partial charge >= 0.3 is 0 Å². The molecular formula is C27H24N2O7. The molecule has 1 heterocycles. The lowest BCUT2D eigenvalue weighted by atomic mass is 9.95. The van der Waals surface area contributed by atoms with Crippen LogP contribution in [0.3, 0.4) is 0 Å². The van der Waals surface area contributed by atoms with Crippen LogP contribution in [0.4, 0.5) is 11.4 Å². The van der Waals surface area contributed by atoms with Gasteiger partial charge in [-0.25, -0.2) is 0 Å². The molecule has 4 rings (SSSR count). The average molecular weight is 488 g/mol. The lowest BCUT2D eigenvalue weighted by Gasteiger charge is -2.26. The van der Waals surface area contributed by atoms with Crippen molar-refractivity contribution in [3.05, 3.63) is 99.6 Å². The number of carbonyl (C=O) groups excluding carboxylic acids is 2. The summed E-state index contributed by atoms with van der Waals surface area (Å²) >= 11 is 0. The quantitative estimate of drug-likeness (QED) is 0.163. The molecule has 9 heteroatoms. The number of Topliss-reactive ketones (excluding diaryl/α,β-unsaturated/α-hetero) is 1. The molecule has 0 aromatic heterocycles. The minimum Gasteiger partial charge on any atom is -0.507 e. The summed E-state index contributed by atoms with van der Waals surface area (Å²) in [4.78, 5) is 38.3. The summed E-state index contributed by atoms with van der Waals surface area (Å²) in [5.74, 6) is -1.01. The molecule has 9 nitrogen and oxygen atoms in total. The van der Waals surface area contributed by atoms with Gasteiger partial charge in [0.25, 0.3) is 17.4 Å². The molecule has 0 radical (unpaired) electrons. The van der Waals surface area contributed by atoms with Crippen molar-refractivity contribution in [2.45, 2.75) is 26.0 Å². The highest BCUT2D eigenvalue weighted by Gasteiger charge is 2.47. The van der Waals surface area contributed by atoms with Gasteiger partial charge in [0.2, 0.25) is 0 Å². The fourth-order valence-electron chi connectivity index (χ4n) is 4.08. The molecule has 1 fully saturated rings. The van der Waals surface area contributed by atoms with Gasteiger partial charge in [0, 0.05) is 23.4 Å². The summed E-state index contributed by atoms with van der Waals surface area (Å²) in [6, 6.07) is 17.7. The summed E-state index contributed by atoms with van der Waals surface area (Å²) in [5, 5.41) is 22.2. The van der Waals surface area contributed by atoms with Crippen molar-refractivity contribution in [1.29, 1.82) is 0 Å². The molecule has 1 N–H and O–H groups in total. The first-order valence-electron chi connectivity index (χ1n) is 11.2. The Labute approximate surface area is 207 Å². The second-order valence-corrected chi connectivity index (χ2v) is 8.41. The third kappa shape index (κ3) is 4.63. The molecule has 1 aliphatic heterocycles. The Morgan fingerprint density at radius 3 is 2.25 bits per heavy atom. The molecule has 1 unspecified atom stereocenters. The van der Waals surface area contributed by atoms with Crippen molar-refractivity contribution in [2.75, 3.05) is 12.0 Å². The number of carbonyl (C=O) groups is 2. The topological polar surface area (TPSA) is 119 Å². The van der Waals surface area contributed by atoms with E-state index in [0.717, 1.165) is 0 Å². The van der Waals surface area contributed by atoms with Crippen LogP contribution in [-0.4, -0.2) is 34.9 Å². The lowest BCUT2D eigenvalue weighted by molar-refractivity contribution is -0.384. The number of nitrogens with zero attached hydrogens (tertiary/aromatic N) is 2. The number of nitro groups is 1. The molecule has 1 atom stereocenters. The highest BCUT2D eigenvalue weighted by Crippen LogP contribution is 2.43. The SMILES string of the molecule is COc1cccc(C2/C(=C(/O)c3ccc([N+](=O)[O-])cc3)C(=O)C(=O)N2c2ccc(OC(C)C)cc2)c1. The molecule has 3 aromatic carbocycles. The molecule has 1 amide bonds. The average Bonchev–Trinajstić information content (AvgIpc) is 3.14. The number of aliphatic hydroxyl groups excluding tert-OH is 1. The molecule has 0 bridgehead atoms. The van der Waals surface area contributed by atoms with E-state index >= 15 is 0 Å². The zero-order chi connectivity index (χ0) is 26.0. The fraction of sp³-hybridized carbons (Fsp3) is 0.185. The molecule has 1 saturated heterocycles. The third-order valence-corrected chi connectivity index (χ3v) is 5.69. The molecule has 0 saturated carbocycles. The molecule has 36 heavy (non-hydrogen) atoms. The van der Waals surface area contributed by atoms with Gasteiger partial charge in [-0.2, -0.15) is 0 Å². The number of anilines is 1. The zero-order valence-electron chi connectivity index (χ0n) is 19.9. The van der Waals surface area contributed by atoms with E-state index in [2.05, 4.69) is 0 Å². The van der Waals surface area contributed by atoms with Gasteiger partial charge in [0.05, 0.1) is 29.8 Å². The second kappa shape index (κ2) is 9.91. The maximum absolute atomic E-state index is 13.3. The maximum Gasteiger partial charge on any atom is 0.300 e. The van der Waals surface area contributed by atoms with Crippen molar-refractivity contribution >= 4 is 28.8 Å². The van der Waals surface area contributed by atoms with Crippen molar-refractivity contribution in [1.82, 2.24) is 0 Å². The highest BCUT2D eigenvalue weighted by atomic mass is 16.6. The Balaban J connectivity index is 1.87. The highest BCUT2D eigenvalue weighted by molar-refractivity contribution is 6.51. The minimum absolute atomic E-state index is 0.0384. The first kappa shape index (κ1) is 24.5. The third-order valence-electron chi connectivity index (χ3n) is 5.69. The number of methoxy groups -OCH3 is 1. The van der Waals surface area contributed by atoms with Crippen LogP contribution in [0, 0.1) is 10.1 Å². The van der Waals surface area contributed by atoms with Crippen LogP contribution in [0.5, 0.6) is 11.5 Å². The number of aliphatic hydroxyl groups is 1. The van der Waals surface area contributed by atoms with E-state index in [1.165, 1.54) is 36.3 Å². The number of amides is 1. The van der Waals surface area contributed by atoms with Crippen LogP contribution in [0.15, 0.2) is 78.4 Å². The predicted octanol–water partition coefficient (Wildman–Crippen LogP) is 5.02. The minimum atomic E-state index is -0.966. The van der Waals surface area contributed by atoms with Crippen molar-refractivity contribution in [3.8, 4) is 11.5 Å². The number of rotatable bonds is 7. The number of non-ortho nitro benzene ring substituents is 1. The number of hydrogen-bond acceptors (Lipinski definition) is 7. The van der Waals surface area contributed by atoms with Crippen LogP contribution in [0.25, 0.3) is 5.76 Å². The van der Waals surface area contributed by atoms with Crippen LogP contribution >= 0.6 is 0 Å². The Morgan fingerprint density at radius 1 is 1.00 bits per heavy atom. The number of ether oxygens (including phenoxy) is 2. The van der Waals surface area contributed by atoms with E-state index < -0.39 is 28.4 Å². The predicted molar refractivity (Wildman–Crippen MR) is 133 cm³/mol. The summed E-state index contributed by atoms with van der Waals surface area (Å²) < 4.78 is 11.0. The first-order valence-corrected chi connectivity index (χ1v) is 11.2. The normalized spacial score (nSPS) is 16.9. The maximum atomic E-state index is 13.3. The van der Waals surface area contributed by atoms with Crippen molar-refractivity contribution in [3.63, 3.8) is 0 Å². The second-order valence-electron chi connectivity index (χ2n) is 8.41. The van der Waals surface area contributed by atoms with Gasteiger partial charge in [0.15, 0.2) is 0 Å². The van der Waals surface area contributed by atoms with E-state index in [-0.39, 0.29) is 22.9 Å². The summed E-state index contributed by atoms with van der Waals surface area (Å²) in [7, 11) is 1.50. The van der Waals surface area contributed by atoms with Gasteiger partial charge < -0.3 is 14.6 Å². The van der Waals surface area contributed by atoms with Crippen LogP contribution in [0.1, 0.15) is 31.0 Å². The van der Waals surface area contributed by atoms with Crippen LogP contribution < -0.4 is 14.4 Å². The van der Waals surface area contributed by atoms with Crippen LogP contribution in [-0.2, 0) is 9.59 Å². The summed E-state index contributed by atoms with van der Waals surface area (Å²) in [5.41, 5.74) is 0.847. The molecular weight excluding hydrogens is 464 g/mol. The van der Waals surface area contributed by atoms with Gasteiger partial charge in [0.1, 0.15) is 17.3 Å². The number of benzene rings is 3. The first-order chi connectivity index (χ1) is 17.2. The van der Waals surface area contributed by atoms with E-state index in [9.17, 15) is 24.8 Å². The largest absolute Gasteiger partial charge is 0.507 e. The Kier molecular flexibility index (Phi) is 6.73. The number of ketones is 1. The zero-order valence-corrected chi connectivity index (χ0v) is 19.9. The van der Waals surface area contributed by atoms with Gasteiger partial charge in [-0.3, -0.25) is 24.6 Å². The van der Waals surface area contributed by atoms with Crippen LogP contribution in [0.2, 0.25) is 0 Å². The van der Waals surface area contributed by atoms with Gasteiger partial charge in [-0.1, -0.05) is 12.1 Å². The molecule has 0 spiro atoms. The molecule has 0 aliphatic carbocycles. The van der Waals surface area contributed by atoms with E-state index in [0.29, 0.717) is 22.7 Å². The summed E-state index contributed by atoms with van der Waals surface area (Å²) in [6.07, 6.45) is -0.0384. The monoisotopic (exact) mass is 488 g/mol. The molecule has 184 valence electrons. The van der Waals surface area contributed by atoms with E-state index in [4.69, 9.17) is 9.47 Å². The standard InChI is InChI=1S/C27H24N2O7/c1-16(2)36-21-13-11-19(12-14-21)28-24(18-5-4-6-22(15-18)35-3)23(26(31)27(28)32)25(30)17-7-9-20(10-8-17)29(33)34/h4-16,24,30H,1-3H3/b25-23-. The molecule has 3 aromatic rings. The fourth-order valence-corrected chi connectivity index (χ4v) is 4.08. The van der Waals surface area contributed by atoms with Crippen molar-refractivity contribution < 1.29 is 29.1 Å². The lowest BCUT2D eigenvalue weighted by Crippen LogP contribution is -2.29.